The van der Waals surface area contributed by atoms with Crippen LogP contribution in [0.4, 0.5) is 0 Å². The molecule has 4 rings (SSSR count). The summed E-state index contributed by atoms with van der Waals surface area (Å²) in [6, 6.07) is 12.0. The second kappa shape index (κ2) is 9.86. The van der Waals surface area contributed by atoms with Crippen molar-refractivity contribution in [2.75, 3.05) is 32.8 Å². The quantitative estimate of drug-likeness (QED) is 0.663. The SMILES string of the molecule is C[C@@H]1C[C@H](C)CN(C(=O)c2sc(-c3ccccc3)cc2OCC(=O)N2CCCCC2)C1. The number of rotatable bonds is 5. The van der Waals surface area contributed by atoms with Crippen LogP contribution in [0.5, 0.6) is 5.75 Å². The second-order valence-electron chi connectivity index (χ2n) is 9.06. The van der Waals surface area contributed by atoms with E-state index in [9.17, 15) is 9.59 Å². The number of hydrogen-bond donors (Lipinski definition) is 0. The molecule has 2 amide bonds. The Bertz CT molecular complexity index is 895. The summed E-state index contributed by atoms with van der Waals surface area (Å²) >= 11 is 1.46. The van der Waals surface area contributed by atoms with E-state index >= 15 is 0 Å². The van der Waals surface area contributed by atoms with E-state index in [-0.39, 0.29) is 18.4 Å². The maximum atomic E-state index is 13.5. The van der Waals surface area contributed by atoms with Gasteiger partial charge in [-0.05, 0) is 49.1 Å². The monoisotopic (exact) mass is 440 g/mol. The van der Waals surface area contributed by atoms with Crippen LogP contribution in [0, 0.1) is 11.8 Å². The van der Waals surface area contributed by atoms with Gasteiger partial charge in [0.1, 0.15) is 10.6 Å². The fourth-order valence-electron chi connectivity index (χ4n) is 4.72. The van der Waals surface area contributed by atoms with Crippen LogP contribution in [0.3, 0.4) is 0 Å². The molecule has 0 N–H and O–H groups in total. The summed E-state index contributed by atoms with van der Waals surface area (Å²) < 4.78 is 5.99. The number of thiophene rings is 1. The van der Waals surface area contributed by atoms with Crippen LogP contribution in [0.2, 0.25) is 0 Å². The second-order valence-corrected chi connectivity index (χ2v) is 10.1. The van der Waals surface area contributed by atoms with E-state index in [4.69, 9.17) is 4.74 Å². The zero-order valence-corrected chi connectivity index (χ0v) is 19.3. The smallest absolute Gasteiger partial charge is 0.267 e. The molecule has 2 fully saturated rings. The fraction of sp³-hybridized carbons (Fsp3) is 0.520. The van der Waals surface area contributed by atoms with Gasteiger partial charge >= 0.3 is 0 Å². The van der Waals surface area contributed by atoms with Crippen LogP contribution < -0.4 is 4.74 Å². The van der Waals surface area contributed by atoms with E-state index in [1.54, 1.807) is 0 Å². The highest BCUT2D eigenvalue weighted by atomic mass is 32.1. The predicted molar refractivity (Wildman–Crippen MR) is 125 cm³/mol. The number of piperidine rings is 2. The molecule has 0 saturated carbocycles. The van der Waals surface area contributed by atoms with Gasteiger partial charge in [0, 0.05) is 31.1 Å². The molecule has 0 aliphatic carbocycles. The van der Waals surface area contributed by atoms with E-state index in [1.807, 2.05) is 46.2 Å². The molecule has 1 aromatic heterocycles. The van der Waals surface area contributed by atoms with Crippen LogP contribution in [-0.4, -0.2) is 54.4 Å². The number of carbonyl (C=O) groups is 2. The molecule has 0 spiro atoms. The van der Waals surface area contributed by atoms with Crippen LogP contribution in [-0.2, 0) is 4.79 Å². The van der Waals surface area contributed by atoms with E-state index in [1.165, 1.54) is 17.8 Å². The Balaban J connectivity index is 1.56. The lowest BCUT2D eigenvalue weighted by atomic mass is 9.92. The average molecular weight is 441 g/mol. The highest BCUT2D eigenvalue weighted by molar-refractivity contribution is 7.17. The number of nitrogens with zero attached hydrogens (tertiary/aromatic N) is 2. The third kappa shape index (κ3) is 5.29. The molecule has 166 valence electrons. The molecule has 0 bridgehead atoms. The van der Waals surface area contributed by atoms with Gasteiger partial charge in [-0.2, -0.15) is 0 Å². The largest absolute Gasteiger partial charge is 0.482 e. The van der Waals surface area contributed by atoms with Crippen LogP contribution >= 0.6 is 11.3 Å². The Labute approximate surface area is 189 Å². The predicted octanol–water partition coefficient (Wildman–Crippen LogP) is 4.92. The minimum absolute atomic E-state index is 0.00535. The van der Waals surface area contributed by atoms with E-state index in [0.29, 0.717) is 22.5 Å². The van der Waals surface area contributed by atoms with Crippen LogP contribution in [0.1, 0.15) is 49.2 Å². The first-order valence-electron chi connectivity index (χ1n) is 11.4. The maximum Gasteiger partial charge on any atom is 0.267 e. The Morgan fingerprint density at radius 2 is 1.68 bits per heavy atom. The molecule has 31 heavy (non-hydrogen) atoms. The average Bonchev–Trinajstić information content (AvgIpc) is 3.21. The fourth-order valence-corrected chi connectivity index (χ4v) is 5.80. The lowest BCUT2D eigenvalue weighted by molar-refractivity contribution is -0.134. The normalized spacial score (nSPS) is 21.7. The van der Waals surface area contributed by atoms with Crippen molar-refractivity contribution < 1.29 is 14.3 Å². The standard InChI is InChI=1S/C25H32N2O3S/c1-18-13-19(2)16-27(15-18)25(29)24-21(14-22(31-24)20-9-5-3-6-10-20)30-17-23(28)26-11-7-4-8-12-26/h3,5-6,9-10,14,18-19H,4,7-8,11-13,15-17H2,1-2H3/t18-,19+. The van der Waals surface area contributed by atoms with Gasteiger partial charge in [0.2, 0.25) is 0 Å². The van der Waals surface area contributed by atoms with Crippen molar-refractivity contribution in [3.8, 4) is 16.2 Å². The molecule has 0 radical (unpaired) electrons. The molecule has 2 aromatic rings. The van der Waals surface area contributed by atoms with Gasteiger partial charge in [0.15, 0.2) is 6.61 Å². The van der Waals surface area contributed by atoms with Gasteiger partial charge in [-0.15, -0.1) is 11.3 Å². The Morgan fingerprint density at radius 1 is 1.00 bits per heavy atom. The Morgan fingerprint density at radius 3 is 2.35 bits per heavy atom. The zero-order valence-electron chi connectivity index (χ0n) is 18.5. The summed E-state index contributed by atoms with van der Waals surface area (Å²) in [5, 5.41) is 0. The summed E-state index contributed by atoms with van der Waals surface area (Å²) in [5.41, 5.74) is 1.05. The Kier molecular flexibility index (Phi) is 6.96. The molecular formula is C25H32N2O3S. The highest BCUT2D eigenvalue weighted by Crippen LogP contribution is 2.38. The summed E-state index contributed by atoms with van der Waals surface area (Å²) in [6.45, 7) is 7.54. The first-order valence-corrected chi connectivity index (χ1v) is 12.2. The van der Waals surface area contributed by atoms with Crippen molar-refractivity contribution in [3.63, 3.8) is 0 Å². The first kappa shape index (κ1) is 21.9. The molecule has 2 aliphatic heterocycles. The van der Waals surface area contributed by atoms with Gasteiger partial charge in [0.05, 0.1) is 0 Å². The Hall–Kier alpha value is -2.34. The lowest BCUT2D eigenvalue weighted by Crippen LogP contribution is -2.42. The molecule has 2 aliphatic rings. The number of benzene rings is 1. The third-order valence-corrected chi connectivity index (χ3v) is 7.32. The van der Waals surface area contributed by atoms with Crippen molar-refractivity contribution in [2.45, 2.75) is 39.5 Å². The first-order chi connectivity index (χ1) is 15.0. The van der Waals surface area contributed by atoms with Gasteiger partial charge in [-0.25, -0.2) is 0 Å². The van der Waals surface area contributed by atoms with Crippen LogP contribution in [0.15, 0.2) is 36.4 Å². The van der Waals surface area contributed by atoms with E-state index in [0.717, 1.165) is 55.9 Å². The van der Waals surface area contributed by atoms with Crippen molar-refractivity contribution in [2.24, 2.45) is 11.8 Å². The minimum Gasteiger partial charge on any atom is -0.482 e. The number of likely N-dealkylation sites (tertiary alicyclic amines) is 2. The molecule has 0 unspecified atom stereocenters. The number of amides is 2. The lowest BCUT2D eigenvalue weighted by Gasteiger charge is -2.34. The topological polar surface area (TPSA) is 49.9 Å². The molecular weight excluding hydrogens is 408 g/mol. The molecule has 2 atom stereocenters. The van der Waals surface area contributed by atoms with Gasteiger partial charge in [0.25, 0.3) is 11.8 Å². The van der Waals surface area contributed by atoms with Crippen molar-refractivity contribution >= 4 is 23.2 Å². The van der Waals surface area contributed by atoms with Crippen molar-refractivity contribution in [1.82, 2.24) is 9.80 Å². The summed E-state index contributed by atoms with van der Waals surface area (Å²) in [4.78, 5) is 31.5. The zero-order chi connectivity index (χ0) is 21.8. The maximum absolute atomic E-state index is 13.5. The van der Waals surface area contributed by atoms with E-state index in [2.05, 4.69) is 13.8 Å². The number of hydrogen-bond acceptors (Lipinski definition) is 4. The van der Waals surface area contributed by atoms with Gasteiger partial charge in [-0.3, -0.25) is 9.59 Å². The minimum atomic E-state index is -0.0158. The van der Waals surface area contributed by atoms with Gasteiger partial charge < -0.3 is 14.5 Å². The third-order valence-electron chi connectivity index (χ3n) is 6.17. The molecule has 5 nitrogen and oxygen atoms in total. The van der Waals surface area contributed by atoms with Crippen molar-refractivity contribution in [1.29, 1.82) is 0 Å². The highest BCUT2D eigenvalue weighted by Gasteiger charge is 2.30. The molecule has 1 aromatic carbocycles. The summed E-state index contributed by atoms with van der Waals surface area (Å²) in [7, 11) is 0. The summed E-state index contributed by atoms with van der Waals surface area (Å²) in [5.74, 6) is 1.54. The van der Waals surface area contributed by atoms with Crippen molar-refractivity contribution in [3.05, 3.63) is 41.3 Å². The summed E-state index contributed by atoms with van der Waals surface area (Å²) in [6.07, 6.45) is 4.44. The number of carbonyl (C=O) groups excluding carboxylic acids is 2. The molecule has 2 saturated heterocycles. The number of ether oxygens (including phenoxy) is 1. The molecule has 6 heteroatoms. The molecule has 3 heterocycles. The van der Waals surface area contributed by atoms with Crippen LogP contribution in [0.25, 0.3) is 10.4 Å². The van der Waals surface area contributed by atoms with Gasteiger partial charge in [-0.1, -0.05) is 44.2 Å². The van der Waals surface area contributed by atoms with E-state index < -0.39 is 0 Å².